The smallest absolute Gasteiger partial charge is 0.246 e. The number of rotatable bonds is 1. The van der Waals surface area contributed by atoms with Crippen molar-refractivity contribution in [2.24, 2.45) is 0 Å². The number of carbonyl (C=O) groups excluding carboxylic acids is 2. The van der Waals surface area contributed by atoms with Crippen molar-refractivity contribution in [3.63, 3.8) is 0 Å². The van der Waals surface area contributed by atoms with Crippen molar-refractivity contribution in [1.29, 1.82) is 0 Å². The Hall–Kier alpha value is -1.00. The summed E-state index contributed by atoms with van der Waals surface area (Å²) in [6.07, 6.45) is 0. The average Bonchev–Trinajstić information content (AvgIpc) is 2.27. The van der Waals surface area contributed by atoms with Gasteiger partial charge < -0.3 is 0 Å². The van der Waals surface area contributed by atoms with E-state index < -0.39 is 0 Å². The second kappa shape index (κ2) is 4.47. The number of nitrogens with zero attached hydrogens (tertiary/aromatic N) is 1. The molecule has 5 heteroatoms. The lowest BCUT2D eigenvalue weighted by Crippen LogP contribution is -2.46. The lowest BCUT2D eigenvalue weighted by Gasteiger charge is -2.28. The van der Waals surface area contributed by atoms with E-state index in [1.165, 1.54) is 16.7 Å². The molecule has 0 bridgehead atoms. The van der Waals surface area contributed by atoms with Crippen molar-refractivity contribution in [1.82, 2.24) is 0 Å². The van der Waals surface area contributed by atoms with E-state index in [0.717, 1.165) is 0 Å². The quantitative estimate of drug-likeness (QED) is 0.723. The molecule has 84 valence electrons. The van der Waals surface area contributed by atoms with Crippen molar-refractivity contribution in [3.05, 3.63) is 29.3 Å². The number of para-hydroxylation sites is 1. The third-order valence-electron chi connectivity index (χ3n) is 2.37. The van der Waals surface area contributed by atoms with E-state index in [-0.39, 0.29) is 17.1 Å². The van der Waals surface area contributed by atoms with Gasteiger partial charge in [-0.05, 0) is 19.1 Å². The molecule has 1 saturated heterocycles. The van der Waals surface area contributed by atoms with Gasteiger partial charge in [0.1, 0.15) is 0 Å². The zero-order chi connectivity index (χ0) is 11.7. The molecule has 1 aliphatic rings. The third kappa shape index (κ3) is 1.95. The summed E-state index contributed by atoms with van der Waals surface area (Å²) < 4.78 is 0. The van der Waals surface area contributed by atoms with Crippen LogP contribution in [0.3, 0.4) is 0 Å². The molecule has 3 nitrogen and oxygen atoms in total. The summed E-state index contributed by atoms with van der Waals surface area (Å²) in [7, 11) is 0. The second-order valence-electron chi connectivity index (χ2n) is 3.47. The van der Waals surface area contributed by atoms with Crippen LogP contribution >= 0.6 is 23.4 Å². The highest BCUT2D eigenvalue weighted by Crippen LogP contribution is 2.30. The van der Waals surface area contributed by atoms with Crippen LogP contribution in [0.25, 0.3) is 0 Å². The topological polar surface area (TPSA) is 37.4 Å². The lowest BCUT2D eigenvalue weighted by molar-refractivity contribution is -0.125. The van der Waals surface area contributed by atoms with E-state index in [4.69, 9.17) is 11.6 Å². The number of anilines is 1. The number of halogens is 1. The Bertz CT molecular complexity index is 449. The van der Waals surface area contributed by atoms with E-state index in [0.29, 0.717) is 16.5 Å². The van der Waals surface area contributed by atoms with Gasteiger partial charge >= 0.3 is 0 Å². The Morgan fingerprint density at radius 2 is 2.06 bits per heavy atom. The van der Waals surface area contributed by atoms with Crippen LogP contribution in [0.1, 0.15) is 6.92 Å². The Balaban J connectivity index is 2.42. The highest BCUT2D eigenvalue weighted by atomic mass is 35.5. The van der Waals surface area contributed by atoms with Crippen LogP contribution in [-0.2, 0) is 9.59 Å². The minimum Gasteiger partial charge on any atom is -0.273 e. The minimum absolute atomic E-state index is 0.200. The Morgan fingerprint density at radius 3 is 2.75 bits per heavy atom. The van der Waals surface area contributed by atoms with Crippen LogP contribution in [0, 0.1) is 0 Å². The third-order valence-corrected chi connectivity index (χ3v) is 3.80. The van der Waals surface area contributed by atoms with Crippen LogP contribution < -0.4 is 4.90 Å². The molecule has 0 saturated carbocycles. The molecule has 1 fully saturated rings. The van der Waals surface area contributed by atoms with E-state index in [1.807, 2.05) is 0 Å². The number of thioether (sulfide) groups is 1. The first-order chi connectivity index (χ1) is 7.61. The predicted octanol–water partition coefficient (Wildman–Crippen LogP) is 2.33. The maximum Gasteiger partial charge on any atom is 0.246 e. The Labute approximate surface area is 103 Å². The highest BCUT2D eigenvalue weighted by Gasteiger charge is 2.34. The molecule has 1 aromatic rings. The molecular weight excluding hydrogens is 246 g/mol. The van der Waals surface area contributed by atoms with Crippen molar-refractivity contribution < 1.29 is 9.59 Å². The molecule has 2 amide bonds. The van der Waals surface area contributed by atoms with Crippen LogP contribution in [-0.4, -0.2) is 22.8 Å². The number of carbonyl (C=O) groups is 2. The number of hydrogen-bond donors (Lipinski definition) is 0. The van der Waals surface area contributed by atoms with Gasteiger partial charge in [0, 0.05) is 0 Å². The van der Waals surface area contributed by atoms with E-state index in [1.54, 1.807) is 31.2 Å². The number of hydrogen-bond acceptors (Lipinski definition) is 3. The van der Waals surface area contributed by atoms with Crippen molar-refractivity contribution in [2.45, 2.75) is 12.2 Å². The van der Waals surface area contributed by atoms with Gasteiger partial charge in [0.15, 0.2) is 0 Å². The van der Waals surface area contributed by atoms with Gasteiger partial charge in [0.2, 0.25) is 11.8 Å². The fourth-order valence-electron chi connectivity index (χ4n) is 1.52. The zero-order valence-corrected chi connectivity index (χ0v) is 10.2. The Kier molecular flexibility index (Phi) is 3.21. The Morgan fingerprint density at radius 1 is 1.38 bits per heavy atom. The van der Waals surface area contributed by atoms with Crippen LogP contribution in [0.4, 0.5) is 5.69 Å². The van der Waals surface area contributed by atoms with Crippen LogP contribution in [0.15, 0.2) is 24.3 Å². The van der Waals surface area contributed by atoms with Crippen molar-refractivity contribution in [2.75, 3.05) is 10.7 Å². The molecule has 0 spiro atoms. The van der Waals surface area contributed by atoms with Gasteiger partial charge in [-0.3, -0.25) is 9.59 Å². The van der Waals surface area contributed by atoms with E-state index >= 15 is 0 Å². The number of amides is 2. The van der Waals surface area contributed by atoms with E-state index in [9.17, 15) is 9.59 Å². The molecule has 1 aliphatic heterocycles. The molecule has 16 heavy (non-hydrogen) atoms. The summed E-state index contributed by atoms with van der Waals surface area (Å²) in [5.74, 6) is -0.0893. The molecule has 0 unspecified atom stereocenters. The molecule has 1 aromatic carbocycles. The maximum absolute atomic E-state index is 11.9. The lowest BCUT2D eigenvalue weighted by atomic mass is 10.2. The first kappa shape index (κ1) is 11.5. The van der Waals surface area contributed by atoms with Crippen molar-refractivity contribution >= 4 is 40.9 Å². The van der Waals surface area contributed by atoms with Crippen LogP contribution in [0.5, 0.6) is 0 Å². The summed E-state index contributed by atoms with van der Waals surface area (Å²) in [5.41, 5.74) is 0.478. The first-order valence-corrected chi connectivity index (χ1v) is 6.27. The zero-order valence-electron chi connectivity index (χ0n) is 8.64. The second-order valence-corrected chi connectivity index (χ2v) is 5.21. The number of benzene rings is 1. The van der Waals surface area contributed by atoms with Crippen LogP contribution in [0.2, 0.25) is 5.02 Å². The minimum atomic E-state index is -0.207. The average molecular weight is 256 g/mol. The van der Waals surface area contributed by atoms with Gasteiger partial charge in [-0.15, -0.1) is 11.8 Å². The molecule has 0 radical (unpaired) electrons. The van der Waals surface area contributed by atoms with Gasteiger partial charge in [0.05, 0.1) is 21.7 Å². The summed E-state index contributed by atoms with van der Waals surface area (Å²) in [6, 6.07) is 6.88. The molecule has 0 aliphatic carbocycles. The predicted molar refractivity (Wildman–Crippen MR) is 65.9 cm³/mol. The maximum atomic E-state index is 11.9. The van der Waals surface area contributed by atoms with Gasteiger partial charge in [0.25, 0.3) is 0 Å². The molecule has 1 heterocycles. The van der Waals surface area contributed by atoms with Crippen molar-refractivity contribution in [3.8, 4) is 0 Å². The monoisotopic (exact) mass is 255 g/mol. The largest absolute Gasteiger partial charge is 0.273 e. The van der Waals surface area contributed by atoms with Gasteiger partial charge in [-0.2, -0.15) is 0 Å². The van der Waals surface area contributed by atoms with E-state index in [2.05, 4.69) is 0 Å². The molecule has 1 atom stereocenters. The van der Waals surface area contributed by atoms with Gasteiger partial charge in [-0.1, -0.05) is 23.7 Å². The molecule has 2 rings (SSSR count). The summed E-state index contributed by atoms with van der Waals surface area (Å²) in [5, 5.41) is 0.220. The normalized spacial score (nSPS) is 21.4. The summed E-state index contributed by atoms with van der Waals surface area (Å²) in [4.78, 5) is 24.8. The SMILES string of the molecule is C[C@@H]1SCC(=O)N(c2ccccc2Cl)C1=O. The van der Waals surface area contributed by atoms with Gasteiger partial charge in [-0.25, -0.2) is 4.90 Å². The summed E-state index contributed by atoms with van der Waals surface area (Å²) in [6.45, 7) is 1.79. The summed E-state index contributed by atoms with van der Waals surface area (Å²) >= 11 is 7.34. The molecule has 0 N–H and O–H groups in total. The highest BCUT2D eigenvalue weighted by molar-refractivity contribution is 8.01. The number of imide groups is 1. The first-order valence-electron chi connectivity index (χ1n) is 4.84. The standard InChI is InChI=1S/C11H10ClNO2S/c1-7-11(15)13(10(14)6-16-7)9-5-3-2-4-8(9)12/h2-5,7H,6H2,1H3/t7-/m0/s1. The fraction of sp³-hybridized carbons (Fsp3) is 0.273. The fourth-order valence-corrected chi connectivity index (χ4v) is 2.51. The molecule has 0 aromatic heterocycles. The molecular formula is C11H10ClNO2S.